The van der Waals surface area contributed by atoms with Crippen molar-refractivity contribution < 1.29 is 9.15 Å². The highest BCUT2D eigenvalue weighted by atomic mass is 16.5. The highest BCUT2D eigenvalue weighted by Gasteiger charge is 2.19. The normalized spacial score (nSPS) is 12.0. The van der Waals surface area contributed by atoms with E-state index in [-0.39, 0.29) is 11.8 Å². The molecule has 5 nitrogen and oxygen atoms in total. The van der Waals surface area contributed by atoms with Crippen LogP contribution in [0.3, 0.4) is 0 Å². The third kappa shape index (κ3) is 2.81. The van der Waals surface area contributed by atoms with E-state index < -0.39 is 0 Å². The summed E-state index contributed by atoms with van der Waals surface area (Å²) in [6.07, 6.45) is -0.286. The largest absolute Gasteiger partial charge is 0.461 e. The highest BCUT2D eigenvalue weighted by Crippen LogP contribution is 2.27. The van der Waals surface area contributed by atoms with Gasteiger partial charge in [-0.1, -0.05) is 18.2 Å². The highest BCUT2D eigenvalue weighted by molar-refractivity contribution is 5.93. The first-order chi connectivity index (χ1) is 11.0. The minimum atomic E-state index is -0.286. The Labute approximate surface area is 134 Å². The molecule has 0 saturated heterocycles. The first-order valence-electron chi connectivity index (χ1n) is 7.43. The van der Waals surface area contributed by atoms with Crippen molar-refractivity contribution in [2.75, 3.05) is 28.2 Å². The molecule has 0 spiro atoms. The molecule has 120 valence electrons. The molecule has 0 aliphatic carbocycles. The van der Waals surface area contributed by atoms with E-state index >= 15 is 0 Å². The number of ether oxygens (including phenoxy) is 1. The Morgan fingerprint density at radius 1 is 0.913 bits per heavy atom. The summed E-state index contributed by atoms with van der Waals surface area (Å²) in [6, 6.07) is 12.7. The van der Waals surface area contributed by atoms with Gasteiger partial charge in [-0.15, -0.1) is 0 Å². The van der Waals surface area contributed by atoms with Crippen LogP contribution >= 0.6 is 0 Å². The van der Waals surface area contributed by atoms with Gasteiger partial charge in [-0.2, -0.15) is 0 Å². The molecule has 0 aliphatic heterocycles. The van der Waals surface area contributed by atoms with E-state index in [1.807, 2.05) is 56.2 Å². The van der Waals surface area contributed by atoms with Crippen LogP contribution in [0, 0.1) is 0 Å². The zero-order chi connectivity index (χ0) is 16.6. The standard InChI is InChI=1S/C18H20N2O3/c1-19(2)18(20(3)4)23-15-11-7-10-14-16(15)17(21)12-8-5-6-9-13(12)22-14/h5-11,18H,1-4H3. The number of nitrogens with zero attached hydrogens (tertiary/aromatic N) is 2. The van der Waals surface area contributed by atoms with Crippen molar-refractivity contribution in [3.8, 4) is 5.75 Å². The lowest BCUT2D eigenvalue weighted by molar-refractivity contribution is -0.0427. The number of hydrogen-bond donors (Lipinski definition) is 0. The van der Waals surface area contributed by atoms with Crippen molar-refractivity contribution in [3.63, 3.8) is 0 Å². The zero-order valence-electron chi connectivity index (χ0n) is 13.7. The molecule has 5 heteroatoms. The molecule has 0 atom stereocenters. The second-order valence-corrected chi connectivity index (χ2v) is 5.93. The van der Waals surface area contributed by atoms with Crippen molar-refractivity contribution in [2.24, 2.45) is 0 Å². The van der Waals surface area contributed by atoms with E-state index in [0.717, 1.165) is 0 Å². The van der Waals surface area contributed by atoms with Crippen molar-refractivity contribution in [1.82, 2.24) is 9.80 Å². The van der Waals surface area contributed by atoms with Gasteiger partial charge in [0.2, 0.25) is 11.8 Å². The molecule has 0 saturated carbocycles. The van der Waals surface area contributed by atoms with Crippen LogP contribution in [-0.4, -0.2) is 44.3 Å². The SMILES string of the molecule is CN(C)C(Oc1cccc2oc3ccccc3c(=O)c12)N(C)C. The number of hydrogen-bond acceptors (Lipinski definition) is 5. The van der Waals surface area contributed by atoms with Gasteiger partial charge in [-0.3, -0.25) is 14.6 Å². The van der Waals surface area contributed by atoms with Crippen LogP contribution in [-0.2, 0) is 0 Å². The molecule has 0 unspecified atom stereocenters. The Kier molecular flexibility index (Phi) is 4.07. The third-order valence-corrected chi connectivity index (χ3v) is 3.68. The average molecular weight is 312 g/mol. The minimum Gasteiger partial charge on any atom is -0.461 e. The van der Waals surface area contributed by atoms with Gasteiger partial charge in [0.25, 0.3) is 0 Å². The van der Waals surface area contributed by atoms with Gasteiger partial charge in [0.1, 0.15) is 22.3 Å². The maximum absolute atomic E-state index is 12.9. The van der Waals surface area contributed by atoms with E-state index in [1.54, 1.807) is 24.3 Å². The van der Waals surface area contributed by atoms with Crippen molar-refractivity contribution in [1.29, 1.82) is 0 Å². The summed E-state index contributed by atoms with van der Waals surface area (Å²) in [4.78, 5) is 16.7. The first kappa shape index (κ1) is 15.5. The average Bonchev–Trinajstić information content (AvgIpc) is 2.52. The second kappa shape index (κ2) is 6.02. The molecule has 0 bridgehead atoms. The molecule has 0 fully saturated rings. The monoisotopic (exact) mass is 312 g/mol. The lowest BCUT2D eigenvalue weighted by Gasteiger charge is -2.30. The molecular weight excluding hydrogens is 292 g/mol. The molecule has 0 amide bonds. The van der Waals surface area contributed by atoms with Gasteiger partial charge in [-0.25, -0.2) is 0 Å². The van der Waals surface area contributed by atoms with Gasteiger partial charge in [0.15, 0.2) is 0 Å². The van der Waals surface area contributed by atoms with Gasteiger partial charge in [-0.05, 0) is 52.5 Å². The molecule has 3 aromatic rings. The van der Waals surface area contributed by atoms with Crippen molar-refractivity contribution in [3.05, 3.63) is 52.7 Å². The van der Waals surface area contributed by atoms with Gasteiger partial charge in [0, 0.05) is 0 Å². The van der Waals surface area contributed by atoms with Crippen molar-refractivity contribution in [2.45, 2.75) is 6.35 Å². The van der Waals surface area contributed by atoms with Crippen LogP contribution in [0.1, 0.15) is 0 Å². The summed E-state index contributed by atoms with van der Waals surface area (Å²) in [5.74, 6) is 0.523. The summed E-state index contributed by atoms with van der Waals surface area (Å²) in [6.45, 7) is 0. The van der Waals surface area contributed by atoms with Crippen LogP contribution in [0.4, 0.5) is 0 Å². The van der Waals surface area contributed by atoms with Crippen molar-refractivity contribution >= 4 is 21.9 Å². The summed E-state index contributed by atoms with van der Waals surface area (Å²) in [7, 11) is 7.70. The summed E-state index contributed by atoms with van der Waals surface area (Å²) < 4.78 is 11.9. The first-order valence-corrected chi connectivity index (χ1v) is 7.43. The smallest absolute Gasteiger partial charge is 0.211 e. The predicted molar refractivity (Wildman–Crippen MR) is 91.8 cm³/mol. The number of fused-ring (bicyclic) bond motifs is 2. The third-order valence-electron chi connectivity index (χ3n) is 3.68. The maximum Gasteiger partial charge on any atom is 0.211 e. The Hall–Kier alpha value is -2.37. The number of rotatable bonds is 4. The summed E-state index contributed by atoms with van der Waals surface area (Å²) in [5.41, 5.74) is 1.04. The van der Waals surface area contributed by atoms with Crippen LogP contribution in [0.15, 0.2) is 51.7 Å². The molecule has 0 aliphatic rings. The van der Waals surface area contributed by atoms with E-state index in [0.29, 0.717) is 27.7 Å². The Morgan fingerprint density at radius 2 is 1.57 bits per heavy atom. The molecule has 1 heterocycles. The van der Waals surface area contributed by atoms with E-state index in [2.05, 4.69) is 0 Å². The number of para-hydroxylation sites is 1. The number of benzene rings is 2. The Morgan fingerprint density at radius 3 is 2.26 bits per heavy atom. The quantitative estimate of drug-likeness (QED) is 0.547. The molecule has 23 heavy (non-hydrogen) atoms. The van der Waals surface area contributed by atoms with Gasteiger partial charge in [0.05, 0.1) is 5.39 Å². The summed E-state index contributed by atoms with van der Waals surface area (Å²) >= 11 is 0. The molecule has 1 aromatic heterocycles. The maximum atomic E-state index is 12.9. The lowest BCUT2D eigenvalue weighted by atomic mass is 10.1. The molecule has 2 aromatic carbocycles. The van der Waals surface area contributed by atoms with E-state index in [1.165, 1.54) is 0 Å². The Balaban J connectivity index is 2.22. The molecule has 0 N–H and O–H groups in total. The van der Waals surface area contributed by atoms with Crippen LogP contribution < -0.4 is 10.2 Å². The predicted octanol–water partition coefficient (Wildman–Crippen LogP) is 2.73. The van der Waals surface area contributed by atoms with Crippen LogP contribution in [0.5, 0.6) is 5.75 Å². The fourth-order valence-electron chi connectivity index (χ4n) is 2.70. The molecule has 3 rings (SSSR count). The van der Waals surface area contributed by atoms with Gasteiger partial charge < -0.3 is 9.15 Å². The fourth-order valence-corrected chi connectivity index (χ4v) is 2.70. The zero-order valence-corrected chi connectivity index (χ0v) is 13.7. The second-order valence-electron chi connectivity index (χ2n) is 5.93. The molecule has 0 radical (unpaired) electrons. The van der Waals surface area contributed by atoms with E-state index in [4.69, 9.17) is 9.15 Å². The topological polar surface area (TPSA) is 45.9 Å². The van der Waals surface area contributed by atoms with Gasteiger partial charge >= 0.3 is 0 Å². The Bertz CT molecular complexity index is 892. The van der Waals surface area contributed by atoms with Crippen LogP contribution in [0.2, 0.25) is 0 Å². The minimum absolute atomic E-state index is 0.0753. The lowest BCUT2D eigenvalue weighted by Crippen LogP contribution is -2.45. The van der Waals surface area contributed by atoms with Crippen LogP contribution in [0.25, 0.3) is 21.9 Å². The van der Waals surface area contributed by atoms with E-state index in [9.17, 15) is 4.79 Å². The molecular formula is C18H20N2O3. The fraction of sp³-hybridized carbons (Fsp3) is 0.278. The summed E-state index contributed by atoms with van der Waals surface area (Å²) in [5, 5.41) is 1.03.